The predicted molar refractivity (Wildman–Crippen MR) is 62.2 cm³/mol. The molecule has 0 unspecified atom stereocenters. The fourth-order valence-corrected chi connectivity index (χ4v) is 0.428. The summed E-state index contributed by atoms with van der Waals surface area (Å²) in [6.07, 6.45) is 2.05. The number of hydrogen-bond donors (Lipinski definition) is 2. The molecule has 0 spiro atoms. The molecular formula is C8H20Ca2O4. The topological polar surface area (TPSA) is 74.6 Å². The molecule has 6 heteroatoms. The molecule has 0 bridgehead atoms. The standard InChI is InChI=1S/2C4H8O2.2Ca.4H/c2*1-2-3-4(5)6;;;;;;/h2*2-3H2,1H3,(H,5,6);;;;;;. The number of carboxylic acids is 2. The van der Waals surface area contributed by atoms with E-state index in [2.05, 4.69) is 0 Å². The van der Waals surface area contributed by atoms with Crippen LogP contribution in [0.2, 0.25) is 0 Å². The zero-order chi connectivity index (χ0) is 9.98. The normalized spacial score (nSPS) is 7.00. The summed E-state index contributed by atoms with van der Waals surface area (Å²) in [5.41, 5.74) is 0. The van der Waals surface area contributed by atoms with E-state index in [4.69, 9.17) is 10.2 Å². The second-order valence-electron chi connectivity index (χ2n) is 2.29. The van der Waals surface area contributed by atoms with Gasteiger partial charge in [0.1, 0.15) is 0 Å². The predicted octanol–water partition coefficient (Wildman–Crippen LogP) is -0.0902. The average molecular weight is 260 g/mol. The summed E-state index contributed by atoms with van der Waals surface area (Å²) in [5, 5.41) is 15.8. The average Bonchev–Trinajstić information content (AvgIpc) is 1.87. The molecule has 80 valence electrons. The Morgan fingerprint density at radius 3 is 1.07 bits per heavy atom. The number of rotatable bonds is 4. The molecule has 2 N–H and O–H groups in total. The molecule has 0 aromatic heterocycles. The molecule has 14 heavy (non-hydrogen) atoms. The first-order valence-electron chi connectivity index (χ1n) is 3.98. The maximum absolute atomic E-state index is 9.60. The van der Waals surface area contributed by atoms with Gasteiger partial charge in [-0.25, -0.2) is 0 Å². The van der Waals surface area contributed by atoms with Gasteiger partial charge in [0.25, 0.3) is 0 Å². The van der Waals surface area contributed by atoms with Gasteiger partial charge in [-0.05, 0) is 12.8 Å². The molecule has 0 amide bonds. The molecule has 0 rings (SSSR count). The number of aliphatic carboxylic acids is 2. The van der Waals surface area contributed by atoms with Crippen LogP contribution in [0.25, 0.3) is 0 Å². The zero-order valence-corrected chi connectivity index (χ0v) is 7.54. The van der Waals surface area contributed by atoms with E-state index in [-0.39, 0.29) is 75.5 Å². The van der Waals surface area contributed by atoms with Crippen LogP contribution >= 0.6 is 0 Å². The minimum atomic E-state index is -0.711. The number of carbonyl (C=O) groups is 2. The van der Waals surface area contributed by atoms with E-state index in [1.165, 1.54) is 0 Å². The summed E-state index contributed by atoms with van der Waals surface area (Å²) in [7, 11) is 0. The molecule has 0 aliphatic carbocycles. The van der Waals surface area contributed by atoms with Crippen LogP contribution in [0, 0.1) is 0 Å². The Kier molecular flexibility index (Phi) is 35.1. The van der Waals surface area contributed by atoms with Crippen molar-refractivity contribution in [1.29, 1.82) is 0 Å². The molecule has 0 saturated heterocycles. The van der Waals surface area contributed by atoms with Crippen molar-refractivity contribution in [2.45, 2.75) is 39.5 Å². The van der Waals surface area contributed by atoms with Crippen LogP contribution in [0.5, 0.6) is 0 Å². The first-order chi connectivity index (χ1) is 5.54. The van der Waals surface area contributed by atoms with Crippen LogP contribution in [0.15, 0.2) is 0 Å². The Balaban J connectivity index is -0.0000000625. The maximum atomic E-state index is 9.60. The van der Waals surface area contributed by atoms with Gasteiger partial charge in [-0.3, -0.25) is 9.59 Å². The van der Waals surface area contributed by atoms with Gasteiger partial charge in [-0.15, -0.1) is 0 Å². The van der Waals surface area contributed by atoms with Gasteiger partial charge >= 0.3 is 87.4 Å². The summed E-state index contributed by atoms with van der Waals surface area (Å²) >= 11 is 0. The van der Waals surface area contributed by atoms with Gasteiger partial charge in [-0.2, -0.15) is 0 Å². The molecule has 0 fully saturated rings. The van der Waals surface area contributed by atoms with Crippen LogP contribution in [-0.4, -0.2) is 97.6 Å². The SMILES string of the molecule is CCCC(=O)O.CCCC(=O)O.[CaH2].[CaH2]. The third-order valence-electron chi connectivity index (χ3n) is 0.928. The molecule has 0 aromatic carbocycles. The van der Waals surface area contributed by atoms with E-state index in [1.54, 1.807) is 0 Å². The molecular weight excluding hydrogens is 240 g/mol. The molecule has 0 aromatic rings. The van der Waals surface area contributed by atoms with Crippen molar-refractivity contribution in [3.05, 3.63) is 0 Å². The van der Waals surface area contributed by atoms with Gasteiger partial charge in [0, 0.05) is 12.8 Å². The van der Waals surface area contributed by atoms with Crippen molar-refractivity contribution in [3.8, 4) is 0 Å². The summed E-state index contributed by atoms with van der Waals surface area (Å²) in [4.78, 5) is 19.2. The number of hydrogen-bond acceptors (Lipinski definition) is 2. The zero-order valence-electron chi connectivity index (χ0n) is 7.54. The molecule has 4 nitrogen and oxygen atoms in total. The van der Waals surface area contributed by atoms with Crippen molar-refractivity contribution in [3.63, 3.8) is 0 Å². The van der Waals surface area contributed by atoms with Crippen LogP contribution in [0.1, 0.15) is 39.5 Å². The molecule has 0 radical (unpaired) electrons. The van der Waals surface area contributed by atoms with Crippen molar-refractivity contribution in [2.24, 2.45) is 0 Å². The van der Waals surface area contributed by atoms with Crippen LogP contribution in [-0.2, 0) is 9.59 Å². The Morgan fingerprint density at radius 1 is 0.857 bits per heavy atom. The van der Waals surface area contributed by atoms with Crippen LogP contribution < -0.4 is 0 Å². The summed E-state index contributed by atoms with van der Waals surface area (Å²) in [6, 6.07) is 0. The Morgan fingerprint density at radius 2 is 1.07 bits per heavy atom. The fourth-order valence-electron chi connectivity index (χ4n) is 0.428. The van der Waals surface area contributed by atoms with Crippen LogP contribution in [0.4, 0.5) is 0 Å². The second-order valence-corrected chi connectivity index (χ2v) is 2.29. The first kappa shape index (κ1) is 24.6. The molecule has 0 heterocycles. The van der Waals surface area contributed by atoms with E-state index < -0.39 is 11.9 Å². The Hall–Kier alpha value is 1.46. The third kappa shape index (κ3) is 37.6. The van der Waals surface area contributed by atoms with Gasteiger partial charge in [0.05, 0.1) is 0 Å². The summed E-state index contributed by atoms with van der Waals surface area (Å²) in [6.45, 7) is 3.68. The van der Waals surface area contributed by atoms with E-state index in [0.29, 0.717) is 12.8 Å². The Labute approximate surface area is 144 Å². The van der Waals surface area contributed by atoms with Crippen LogP contribution in [0.3, 0.4) is 0 Å². The Bertz CT molecular complexity index is 123. The molecule has 0 saturated carbocycles. The van der Waals surface area contributed by atoms with Gasteiger partial charge in [0.15, 0.2) is 0 Å². The van der Waals surface area contributed by atoms with E-state index in [0.717, 1.165) is 12.8 Å². The molecule has 0 atom stereocenters. The van der Waals surface area contributed by atoms with Crippen molar-refractivity contribution < 1.29 is 19.8 Å². The number of carboxylic acid groups (broad SMARTS) is 2. The summed E-state index contributed by atoms with van der Waals surface area (Å²) in [5.74, 6) is -1.42. The quantitative estimate of drug-likeness (QED) is 0.693. The van der Waals surface area contributed by atoms with E-state index in [1.807, 2.05) is 13.8 Å². The summed E-state index contributed by atoms with van der Waals surface area (Å²) < 4.78 is 0. The van der Waals surface area contributed by atoms with Crippen molar-refractivity contribution in [2.75, 3.05) is 0 Å². The third-order valence-corrected chi connectivity index (χ3v) is 0.928. The monoisotopic (exact) mass is 260 g/mol. The minimum absolute atomic E-state index is 0. The van der Waals surface area contributed by atoms with Gasteiger partial charge < -0.3 is 10.2 Å². The van der Waals surface area contributed by atoms with E-state index >= 15 is 0 Å². The van der Waals surface area contributed by atoms with Gasteiger partial charge in [-0.1, -0.05) is 13.8 Å². The van der Waals surface area contributed by atoms with Crippen molar-refractivity contribution in [1.82, 2.24) is 0 Å². The van der Waals surface area contributed by atoms with Gasteiger partial charge in [0.2, 0.25) is 0 Å². The molecule has 0 aliphatic heterocycles. The fraction of sp³-hybridized carbons (Fsp3) is 0.750. The molecule has 0 aliphatic rings. The first-order valence-corrected chi connectivity index (χ1v) is 3.98. The van der Waals surface area contributed by atoms with Crippen molar-refractivity contribution >= 4 is 87.4 Å². The second kappa shape index (κ2) is 19.9. The van der Waals surface area contributed by atoms with E-state index in [9.17, 15) is 9.59 Å².